The summed E-state index contributed by atoms with van der Waals surface area (Å²) in [4.78, 5) is 0. The van der Waals surface area contributed by atoms with Crippen molar-refractivity contribution in [2.75, 3.05) is 19.8 Å². The van der Waals surface area contributed by atoms with E-state index >= 15 is 0 Å². The van der Waals surface area contributed by atoms with E-state index in [-0.39, 0.29) is 11.8 Å². The van der Waals surface area contributed by atoms with Crippen LogP contribution in [0.5, 0.6) is 5.75 Å². The number of benzene rings is 1. The van der Waals surface area contributed by atoms with Gasteiger partial charge >= 0.3 is 0 Å². The van der Waals surface area contributed by atoms with Crippen molar-refractivity contribution in [1.29, 1.82) is 5.26 Å². The molecule has 18 heavy (non-hydrogen) atoms. The molecule has 1 aromatic carbocycles. The van der Waals surface area contributed by atoms with Gasteiger partial charge in [0.25, 0.3) is 0 Å². The SMILES string of the molecule is CCOCCNC(CC)c1cccc(C#N)c1O. The predicted octanol–water partition coefficient (Wildman–Crippen LogP) is 2.34. The molecule has 1 rings (SSSR count). The summed E-state index contributed by atoms with van der Waals surface area (Å²) in [7, 11) is 0. The van der Waals surface area contributed by atoms with E-state index in [0.29, 0.717) is 18.8 Å². The Kier molecular flexibility index (Phi) is 6.20. The smallest absolute Gasteiger partial charge is 0.138 e. The number of nitrogens with one attached hydrogen (secondary N) is 1. The second-order valence-electron chi connectivity index (χ2n) is 3.97. The third kappa shape index (κ3) is 3.73. The van der Waals surface area contributed by atoms with Crippen LogP contribution in [0.15, 0.2) is 18.2 Å². The minimum Gasteiger partial charge on any atom is -0.506 e. The quantitative estimate of drug-likeness (QED) is 0.727. The average Bonchev–Trinajstić information content (AvgIpc) is 2.40. The highest BCUT2D eigenvalue weighted by Gasteiger charge is 2.15. The number of ether oxygens (including phenoxy) is 1. The van der Waals surface area contributed by atoms with Crippen molar-refractivity contribution in [2.45, 2.75) is 26.3 Å². The van der Waals surface area contributed by atoms with Gasteiger partial charge in [-0.3, -0.25) is 0 Å². The molecule has 1 atom stereocenters. The van der Waals surface area contributed by atoms with Crippen molar-refractivity contribution in [2.24, 2.45) is 0 Å². The van der Waals surface area contributed by atoms with Crippen molar-refractivity contribution in [3.05, 3.63) is 29.3 Å². The van der Waals surface area contributed by atoms with E-state index in [4.69, 9.17) is 10.00 Å². The Morgan fingerprint density at radius 3 is 2.83 bits per heavy atom. The molecule has 0 aliphatic rings. The fourth-order valence-corrected chi connectivity index (χ4v) is 1.86. The van der Waals surface area contributed by atoms with Gasteiger partial charge in [-0.2, -0.15) is 5.26 Å². The van der Waals surface area contributed by atoms with Crippen molar-refractivity contribution in [3.8, 4) is 11.8 Å². The molecule has 1 unspecified atom stereocenters. The summed E-state index contributed by atoms with van der Waals surface area (Å²) in [6.07, 6.45) is 0.842. The monoisotopic (exact) mass is 248 g/mol. The summed E-state index contributed by atoms with van der Waals surface area (Å²) >= 11 is 0. The molecule has 0 aliphatic carbocycles. The number of para-hydroxylation sites is 1. The van der Waals surface area contributed by atoms with Crippen LogP contribution in [-0.2, 0) is 4.74 Å². The van der Waals surface area contributed by atoms with Gasteiger partial charge in [-0.15, -0.1) is 0 Å². The molecule has 2 N–H and O–H groups in total. The number of nitrogens with zero attached hydrogens (tertiary/aromatic N) is 1. The molecule has 0 fully saturated rings. The molecule has 98 valence electrons. The highest BCUT2D eigenvalue weighted by Crippen LogP contribution is 2.29. The molecule has 0 aromatic heterocycles. The van der Waals surface area contributed by atoms with Crippen LogP contribution < -0.4 is 5.32 Å². The second-order valence-corrected chi connectivity index (χ2v) is 3.97. The first-order chi connectivity index (χ1) is 8.74. The Labute approximate surface area is 108 Å². The molecule has 1 aromatic rings. The van der Waals surface area contributed by atoms with Crippen molar-refractivity contribution in [1.82, 2.24) is 5.32 Å². The topological polar surface area (TPSA) is 65.3 Å². The minimum absolute atomic E-state index is 0.0405. The van der Waals surface area contributed by atoms with Crippen molar-refractivity contribution in [3.63, 3.8) is 0 Å². The molecule has 0 spiro atoms. The Hall–Kier alpha value is -1.57. The van der Waals surface area contributed by atoms with Crippen LogP contribution >= 0.6 is 0 Å². The molecular weight excluding hydrogens is 228 g/mol. The van der Waals surface area contributed by atoms with Gasteiger partial charge in [0.15, 0.2) is 0 Å². The van der Waals surface area contributed by atoms with Crippen molar-refractivity contribution < 1.29 is 9.84 Å². The maximum atomic E-state index is 10.00. The Bertz CT molecular complexity index is 413. The summed E-state index contributed by atoms with van der Waals surface area (Å²) in [5.41, 5.74) is 1.09. The van der Waals surface area contributed by atoms with Gasteiger partial charge in [0.05, 0.1) is 12.2 Å². The predicted molar refractivity (Wildman–Crippen MR) is 70.3 cm³/mol. The van der Waals surface area contributed by atoms with E-state index in [1.807, 2.05) is 26.0 Å². The normalized spacial score (nSPS) is 12.1. The van der Waals surface area contributed by atoms with Gasteiger partial charge in [0.2, 0.25) is 0 Å². The third-order valence-corrected chi connectivity index (χ3v) is 2.81. The van der Waals surface area contributed by atoms with Gasteiger partial charge in [0, 0.05) is 24.8 Å². The summed E-state index contributed by atoms with van der Waals surface area (Å²) in [5, 5.41) is 22.2. The lowest BCUT2D eigenvalue weighted by molar-refractivity contribution is 0.146. The first kappa shape index (κ1) is 14.5. The Morgan fingerprint density at radius 1 is 1.44 bits per heavy atom. The fourth-order valence-electron chi connectivity index (χ4n) is 1.86. The number of hydrogen-bond acceptors (Lipinski definition) is 4. The van der Waals surface area contributed by atoms with Crippen LogP contribution in [0.4, 0.5) is 0 Å². The number of rotatable bonds is 7. The van der Waals surface area contributed by atoms with Crippen LogP contribution in [-0.4, -0.2) is 24.9 Å². The molecule has 0 aliphatic heterocycles. The van der Waals surface area contributed by atoms with E-state index in [1.54, 1.807) is 12.1 Å². The minimum atomic E-state index is 0.0405. The second kappa shape index (κ2) is 7.70. The number of nitriles is 1. The zero-order chi connectivity index (χ0) is 13.4. The van der Waals surface area contributed by atoms with Gasteiger partial charge in [0.1, 0.15) is 11.8 Å². The highest BCUT2D eigenvalue weighted by molar-refractivity contribution is 5.48. The van der Waals surface area contributed by atoms with E-state index in [9.17, 15) is 5.11 Å². The molecule has 0 amide bonds. The number of aromatic hydroxyl groups is 1. The van der Waals surface area contributed by atoms with Crippen LogP contribution in [0.25, 0.3) is 0 Å². The summed E-state index contributed by atoms with van der Waals surface area (Å²) in [5.74, 6) is 0.0794. The lowest BCUT2D eigenvalue weighted by atomic mass is 10.0. The van der Waals surface area contributed by atoms with Crippen LogP contribution in [0.3, 0.4) is 0 Å². The van der Waals surface area contributed by atoms with Gasteiger partial charge < -0.3 is 15.2 Å². The van der Waals surface area contributed by atoms with Crippen molar-refractivity contribution >= 4 is 0 Å². The van der Waals surface area contributed by atoms with Crippen LogP contribution in [0, 0.1) is 11.3 Å². The molecule has 0 saturated heterocycles. The lowest BCUT2D eigenvalue weighted by Gasteiger charge is -2.19. The Morgan fingerprint density at radius 2 is 2.22 bits per heavy atom. The molecule has 0 radical (unpaired) electrons. The highest BCUT2D eigenvalue weighted by atomic mass is 16.5. The summed E-state index contributed by atoms with van der Waals surface area (Å²) < 4.78 is 5.26. The molecule has 0 saturated carbocycles. The standard InChI is InChI=1S/C14H20N2O2/c1-3-13(16-8-9-18-4-2)12-7-5-6-11(10-15)14(12)17/h5-7,13,16-17H,3-4,8-9H2,1-2H3. The van der Waals surface area contributed by atoms with E-state index in [0.717, 1.165) is 18.5 Å². The molecule has 0 heterocycles. The van der Waals surface area contributed by atoms with Crippen LogP contribution in [0.2, 0.25) is 0 Å². The van der Waals surface area contributed by atoms with Gasteiger partial charge in [-0.05, 0) is 19.4 Å². The van der Waals surface area contributed by atoms with Gasteiger partial charge in [-0.1, -0.05) is 19.1 Å². The molecule has 4 nitrogen and oxygen atoms in total. The van der Waals surface area contributed by atoms with E-state index in [2.05, 4.69) is 5.32 Å². The Balaban J connectivity index is 2.73. The largest absolute Gasteiger partial charge is 0.506 e. The maximum absolute atomic E-state index is 10.00. The first-order valence-corrected chi connectivity index (χ1v) is 6.27. The maximum Gasteiger partial charge on any atom is 0.138 e. The van der Waals surface area contributed by atoms with Gasteiger partial charge in [-0.25, -0.2) is 0 Å². The third-order valence-electron chi connectivity index (χ3n) is 2.81. The molecule has 0 bridgehead atoms. The zero-order valence-electron chi connectivity index (χ0n) is 10.9. The molecular formula is C14H20N2O2. The summed E-state index contributed by atoms with van der Waals surface area (Å²) in [6, 6.07) is 7.28. The van der Waals surface area contributed by atoms with E-state index < -0.39 is 0 Å². The fraction of sp³-hybridized carbons (Fsp3) is 0.500. The van der Waals surface area contributed by atoms with E-state index in [1.165, 1.54) is 0 Å². The zero-order valence-corrected chi connectivity index (χ0v) is 10.9. The average molecular weight is 248 g/mol. The van der Waals surface area contributed by atoms with Crippen LogP contribution in [0.1, 0.15) is 37.4 Å². The molecule has 4 heteroatoms. The number of phenols is 1. The number of phenolic OH excluding ortho intramolecular Hbond substituents is 1. The number of hydrogen-bond donors (Lipinski definition) is 2. The lowest BCUT2D eigenvalue weighted by Crippen LogP contribution is -2.25. The summed E-state index contributed by atoms with van der Waals surface area (Å²) in [6.45, 7) is 6.07. The first-order valence-electron chi connectivity index (χ1n) is 6.27.